The van der Waals surface area contributed by atoms with E-state index in [1.165, 1.54) is 0 Å². The van der Waals surface area contributed by atoms with Gasteiger partial charge in [0, 0.05) is 31.7 Å². The molecular weight excluding hydrogens is 266 g/mol. The summed E-state index contributed by atoms with van der Waals surface area (Å²) in [5.41, 5.74) is 0.710. The van der Waals surface area contributed by atoms with Gasteiger partial charge in [-0.05, 0) is 12.1 Å². The van der Waals surface area contributed by atoms with E-state index >= 15 is 0 Å². The Kier molecular flexibility index (Phi) is 7.35. The predicted molar refractivity (Wildman–Crippen MR) is 85.1 cm³/mol. The Balaban J connectivity index is 2.31. The minimum atomic E-state index is -0.326. The van der Waals surface area contributed by atoms with Crippen LogP contribution in [0, 0.1) is 0 Å². The number of amides is 3. The van der Waals surface area contributed by atoms with Gasteiger partial charge in [-0.15, -0.1) is 13.2 Å². The molecule has 1 rings (SSSR count). The van der Waals surface area contributed by atoms with Crippen molar-refractivity contribution < 1.29 is 9.59 Å². The maximum absolute atomic E-state index is 11.9. The molecule has 1 aromatic carbocycles. The molecule has 0 aliphatic rings. The van der Waals surface area contributed by atoms with Crippen LogP contribution >= 0.6 is 0 Å². The summed E-state index contributed by atoms with van der Waals surface area (Å²) in [6, 6.07) is 8.80. The van der Waals surface area contributed by atoms with E-state index in [0.29, 0.717) is 18.8 Å². The summed E-state index contributed by atoms with van der Waals surface area (Å²) < 4.78 is 0. The van der Waals surface area contributed by atoms with E-state index in [4.69, 9.17) is 0 Å². The lowest BCUT2D eigenvalue weighted by Gasteiger charge is -2.19. The van der Waals surface area contributed by atoms with Crippen LogP contribution in [-0.4, -0.2) is 36.5 Å². The van der Waals surface area contributed by atoms with Gasteiger partial charge in [0.05, 0.1) is 0 Å². The molecule has 0 spiro atoms. The third kappa shape index (κ3) is 6.42. The molecule has 2 N–H and O–H groups in total. The average Bonchev–Trinajstić information content (AvgIpc) is 2.48. The first kappa shape index (κ1) is 16.5. The normalized spacial score (nSPS) is 9.52. The van der Waals surface area contributed by atoms with Gasteiger partial charge in [0.2, 0.25) is 5.91 Å². The fourth-order valence-electron chi connectivity index (χ4n) is 1.73. The number of nitrogens with zero attached hydrogens (tertiary/aromatic N) is 1. The van der Waals surface area contributed by atoms with Crippen LogP contribution in [0.5, 0.6) is 0 Å². The molecule has 0 aliphatic heterocycles. The molecule has 3 amide bonds. The Hall–Kier alpha value is -2.56. The number of rotatable bonds is 8. The second-order valence-electron chi connectivity index (χ2n) is 4.37. The van der Waals surface area contributed by atoms with E-state index in [0.717, 1.165) is 0 Å². The molecule has 5 heteroatoms. The molecule has 21 heavy (non-hydrogen) atoms. The number of anilines is 1. The number of hydrogen-bond donors (Lipinski definition) is 2. The van der Waals surface area contributed by atoms with E-state index in [2.05, 4.69) is 23.8 Å². The molecule has 0 heterocycles. The molecule has 0 radical (unpaired) electrons. The SMILES string of the molecule is C=CCN(CC=C)C(=O)CCNC(=O)Nc1ccccc1. The fraction of sp³-hybridized carbons (Fsp3) is 0.250. The van der Waals surface area contributed by atoms with Crippen molar-refractivity contribution in [2.24, 2.45) is 0 Å². The van der Waals surface area contributed by atoms with Crippen molar-refractivity contribution in [1.29, 1.82) is 0 Å². The van der Waals surface area contributed by atoms with Crippen molar-refractivity contribution in [3.8, 4) is 0 Å². The van der Waals surface area contributed by atoms with Gasteiger partial charge in [-0.2, -0.15) is 0 Å². The third-order valence-electron chi connectivity index (χ3n) is 2.71. The summed E-state index contributed by atoms with van der Waals surface area (Å²) in [5, 5.41) is 5.34. The van der Waals surface area contributed by atoms with E-state index in [9.17, 15) is 9.59 Å². The minimum Gasteiger partial charge on any atom is -0.337 e. The number of nitrogens with one attached hydrogen (secondary N) is 2. The lowest BCUT2D eigenvalue weighted by Crippen LogP contribution is -2.36. The van der Waals surface area contributed by atoms with Gasteiger partial charge in [-0.3, -0.25) is 4.79 Å². The standard InChI is InChI=1S/C16H21N3O2/c1-3-12-19(13-4-2)15(20)10-11-17-16(21)18-14-8-6-5-7-9-14/h3-9H,1-2,10-13H2,(H2,17,18,21). The van der Waals surface area contributed by atoms with Gasteiger partial charge < -0.3 is 15.5 Å². The highest BCUT2D eigenvalue weighted by molar-refractivity contribution is 5.89. The average molecular weight is 287 g/mol. The van der Waals surface area contributed by atoms with Crippen molar-refractivity contribution in [2.45, 2.75) is 6.42 Å². The summed E-state index contributed by atoms with van der Waals surface area (Å²) in [6.45, 7) is 8.45. The molecule has 1 aromatic rings. The smallest absolute Gasteiger partial charge is 0.319 e. The number of carbonyl (C=O) groups excluding carboxylic acids is 2. The van der Waals surface area contributed by atoms with Crippen molar-refractivity contribution in [1.82, 2.24) is 10.2 Å². The van der Waals surface area contributed by atoms with Crippen LogP contribution in [0.3, 0.4) is 0 Å². The molecule has 5 nitrogen and oxygen atoms in total. The van der Waals surface area contributed by atoms with Crippen LogP contribution < -0.4 is 10.6 Å². The molecule has 0 aliphatic carbocycles. The largest absolute Gasteiger partial charge is 0.337 e. The van der Waals surface area contributed by atoms with Crippen LogP contribution in [0.15, 0.2) is 55.6 Å². The molecule has 0 fully saturated rings. The Bertz CT molecular complexity index is 476. The Morgan fingerprint density at radius 3 is 2.29 bits per heavy atom. The molecule has 0 atom stereocenters. The van der Waals surface area contributed by atoms with Gasteiger partial charge in [-0.25, -0.2) is 4.79 Å². The van der Waals surface area contributed by atoms with Gasteiger partial charge in [0.1, 0.15) is 0 Å². The molecule has 0 saturated heterocycles. The summed E-state index contributed by atoms with van der Waals surface area (Å²) in [7, 11) is 0. The number of para-hydroxylation sites is 1. The molecule has 0 bridgehead atoms. The first-order valence-electron chi connectivity index (χ1n) is 6.77. The lowest BCUT2D eigenvalue weighted by molar-refractivity contribution is -0.130. The van der Waals surface area contributed by atoms with Gasteiger partial charge in [0.25, 0.3) is 0 Å². The predicted octanol–water partition coefficient (Wildman–Crippen LogP) is 2.40. The van der Waals surface area contributed by atoms with Gasteiger partial charge >= 0.3 is 6.03 Å². The lowest BCUT2D eigenvalue weighted by atomic mass is 10.3. The van der Waals surface area contributed by atoms with Crippen LogP contribution in [0.4, 0.5) is 10.5 Å². The van der Waals surface area contributed by atoms with E-state index < -0.39 is 0 Å². The zero-order chi connectivity index (χ0) is 15.5. The maximum atomic E-state index is 11.9. The summed E-state index contributed by atoms with van der Waals surface area (Å²) in [4.78, 5) is 25.2. The summed E-state index contributed by atoms with van der Waals surface area (Å²) in [5.74, 6) is -0.0465. The number of urea groups is 1. The minimum absolute atomic E-state index is 0.0465. The molecule has 0 aromatic heterocycles. The molecule has 0 unspecified atom stereocenters. The van der Waals surface area contributed by atoms with Crippen molar-refractivity contribution >= 4 is 17.6 Å². The van der Waals surface area contributed by atoms with Crippen LogP contribution in [-0.2, 0) is 4.79 Å². The van der Waals surface area contributed by atoms with Crippen molar-refractivity contribution in [3.63, 3.8) is 0 Å². The number of hydrogen-bond acceptors (Lipinski definition) is 2. The second kappa shape index (κ2) is 9.36. The first-order valence-corrected chi connectivity index (χ1v) is 6.77. The number of carbonyl (C=O) groups is 2. The maximum Gasteiger partial charge on any atom is 0.319 e. The van der Waals surface area contributed by atoms with Crippen molar-refractivity contribution in [2.75, 3.05) is 25.0 Å². The number of benzene rings is 1. The topological polar surface area (TPSA) is 61.4 Å². The van der Waals surface area contributed by atoms with E-state index in [-0.39, 0.29) is 24.9 Å². The van der Waals surface area contributed by atoms with Gasteiger partial charge in [-0.1, -0.05) is 30.4 Å². The zero-order valence-corrected chi connectivity index (χ0v) is 12.0. The summed E-state index contributed by atoms with van der Waals surface area (Å²) >= 11 is 0. The molecular formula is C16H21N3O2. The monoisotopic (exact) mass is 287 g/mol. The van der Waals surface area contributed by atoms with Crippen LogP contribution in [0.2, 0.25) is 0 Å². The van der Waals surface area contributed by atoms with Crippen LogP contribution in [0.1, 0.15) is 6.42 Å². The molecule has 112 valence electrons. The first-order chi connectivity index (χ1) is 10.2. The van der Waals surface area contributed by atoms with E-state index in [1.807, 2.05) is 18.2 Å². The van der Waals surface area contributed by atoms with Crippen molar-refractivity contribution in [3.05, 3.63) is 55.6 Å². The van der Waals surface area contributed by atoms with Crippen LogP contribution in [0.25, 0.3) is 0 Å². The molecule has 0 saturated carbocycles. The zero-order valence-electron chi connectivity index (χ0n) is 12.0. The van der Waals surface area contributed by atoms with Gasteiger partial charge in [0.15, 0.2) is 0 Å². The van der Waals surface area contributed by atoms with E-state index in [1.54, 1.807) is 29.2 Å². The Labute approximate surface area is 125 Å². The second-order valence-corrected chi connectivity index (χ2v) is 4.37. The Morgan fingerprint density at radius 1 is 1.10 bits per heavy atom. The Morgan fingerprint density at radius 2 is 1.71 bits per heavy atom. The highest BCUT2D eigenvalue weighted by Gasteiger charge is 2.10. The summed E-state index contributed by atoms with van der Waals surface area (Å²) in [6.07, 6.45) is 3.57. The highest BCUT2D eigenvalue weighted by atomic mass is 16.2. The fourth-order valence-corrected chi connectivity index (χ4v) is 1.73. The third-order valence-corrected chi connectivity index (χ3v) is 2.71. The highest BCUT2D eigenvalue weighted by Crippen LogP contribution is 2.04. The quantitative estimate of drug-likeness (QED) is 0.721.